The van der Waals surface area contributed by atoms with Crippen molar-refractivity contribution < 1.29 is 14.3 Å². The van der Waals surface area contributed by atoms with E-state index >= 15 is 0 Å². The van der Waals surface area contributed by atoms with Crippen LogP contribution >= 0.6 is 23.1 Å². The van der Waals surface area contributed by atoms with Gasteiger partial charge in [0.2, 0.25) is 5.16 Å². The SMILES string of the molecule is CSc1nc2nc(C)c(CC(=O)OCCCC(=O)c3cccs3)c(C)n2n1. The predicted molar refractivity (Wildman–Crippen MR) is 105 cm³/mol. The molecular weight excluding hydrogens is 384 g/mol. The number of aromatic nitrogens is 4. The molecule has 3 rings (SSSR count). The summed E-state index contributed by atoms with van der Waals surface area (Å²) in [6, 6.07) is 3.66. The molecule has 142 valence electrons. The van der Waals surface area contributed by atoms with Gasteiger partial charge in [0.1, 0.15) is 0 Å². The lowest BCUT2D eigenvalue weighted by Gasteiger charge is -2.10. The number of aryl methyl sites for hydroxylation is 2. The van der Waals surface area contributed by atoms with E-state index in [4.69, 9.17) is 4.74 Å². The molecule has 0 saturated heterocycles. The lowest BCUT2D eigenvalue weighted by atomic mass is 10.1. The molecule has 0 fully saturated rings. The highest BCUT2D eigenvalue weighted by molar-refractivity contribution is 7.98. The Kier molecular flexibility index (Phi) is 6.22. The monoisotopic (exact) mass is 404 g/mol. The van der Waals surface area contributed by atoms with Crippen molar-refractivity contribution in [3.63, 3.8) is 0 Å². The van der Waals surface area contributed by atoms with Crippen LogP contribution in [0.5, 0.6) is 0 Å². The summed E-state index contributed by atoms with van der Waals surface area (Å²) in [5.41, 5.74) is 2.36. The summed E-state index contributed by atoms with van der Waals surface area (Å²) in [7, 11) is 0. The normalized spacial score (nSPS) is 11.1. The third-order valence-electron chi connectivity index (χ3n) is 4.14. The lowest BCUT2D eigenvalue weighted by Crippen LogP contribution is -2.14. The largest absolute Gasteiger partial charge is 0.465 e. The average Bonchev–Trinajstić information content (AvgIpc) is 3.31. The van der Waals surface area contributed by atoms with E-state index in [-0.39, 0.29) is 24.8 Å². The van der Waals surface area contributed by atoms with Gasteiger partial charge < -0.3 is 4.74 Å². The third-order valence-corrected chi connectivity index (χ3v) is 5.59. The Balaban J connectivity index is 1.56. The van der Waals surface area contributed by atoms with E-state index in [1.165, 1.54) is 23.1 Å². The molecule has 3 aromatic heterocycles. The van der Waals surface area contributed by atoms with Crippen LogP contribution in [0.15, 0.2) is 22.7 Å². The van der Waals surface area contributed by atoms with E-state index in [2.05, 4.69) is 15.1 Å². The predicted octanol–water partition coefficient (Wildman–Crippen LogP) is 3.27. The second-order valence-electron chi connectivity index (χ2n) is 5.97. The van der Waals surface area contributed by atoms with E-state index in [9.17, 15) is 9.59 Å². The van der Waals surface area contributed by atoms with Gasteiger partial charge in [0.05, 0.1) is 17.9 Å². The van der Waals surface area contributed by atoms with Crippen molar-refractivity contribution in [2.45, 2.75) is 38.3 Å². The molecule has 27 heavy (non-hydrogen) atoms. The molecule has 0 aromatic carbocycles. The van der Waals surface area contributed by atoms with Gasteiger partial charge in [-0.2, -0.15) is 4.98 Å². The Morgan fingerprint density at radius 2 is 2.11 bits per heavy atom. The quantitative estimate of drug-likeness (QED) is 0.246. The summed E-state index contributed by atoms with van der Waals surface area (Å²) in [4.78, 5) is 33.6. The zero-order chi connectivity index (χ0) is 19.4. The summed E-state index contributed by atoms with van der Waals surface area (Å²) in [6.07, 6.45) is 2.90. The van der Waals surface area contributed by atoms with Crippen molar-refractivity contribution in [2.24, 2.45) is 0 Å². The molecule has 7 nitrogen and oxygen atoms in total. The molecule has 0 N–H and O–H groups in total. The minimum Gasteiger partial charge on any atom is -0.465 e. The molecule has 0 saturated carbocycles. The topological polar surface area (TPSA) is 86.5 Å². The van der Waals surface area contributed by atoms with Crippen molar-refractivity contribution in [3.05, 3.63) is 39.3 Å². The van der Waals surface area contributed by atoms with Crippen LogP contribution in [0.3, 0.4) is 0 Å². The van der Waals surface area contributed by atoms with Crippen molar-refractivity contribution in [3.8, 4) is 0 Å². The first-order valence-electron chi connectivity index (χ1n) is 8.48. The fraction of sp³-hybridized carbons (Fsp3) is 0.389. The first kappa shape index (κ1) is 19.5. The smallest absolute Gasteiger partial charge is 0.310 e. The molecule has 0 aliphatic heterocycles. The van der Waals surface area contributed by atoms with Gasteiger partial charge in [-0.05, 0) is 38.0 Å². The number of esters is 1. The number of ether oxygens (including phenoxy) is 1. The number of thiophene rings is 1. The fourth-order valence-corrected chi connectivity index (χ4v) is 3.74. The van der Waals surface area contributed by atoms with E-state index in [0.717, 1.165) is 21.8 Å². The van der Waals surface area contributed by atoms with Crippen LogP contribution in [0.2, 0.25) is 0 Å². The van der Waals surface area contributed by atoms with Gasteiger partial charge in [0.15, 0.2) is 5.78 Å². The second-order valence-corrected chi connectivity index (χ2v) is 7.69. The standard InChI is InChI=1S/C18H20N4O3S2/c1-11-13(12(2)22-17(19-11)20-18(21-22)26-3)10-16(24)25-8-4-6-14(23)15-7-5-9-27-15/h5,7,9H,4,6,8,10H2,1-3H3. The highest BCUT2D eigenvalue weighted by Gasteiger charge is 2.16. The van der Waals surface area contributed by atoms with E-state index in [1.807, 2.05) is 31.5 Å². The zero-order valence-electron chi connectivity index (χ0n) is 15.4. The molecule has 0 bridgehead atoms. The van der Waals surface area contributed by atoms with Crippen LogP contribution < -0.4 is 0 Å². The van der Waals surface area contributed by atoms with Crippen molar-refractivity contribution in [2.75, 3.05) is 12.9 Å². The van der Waals surface area contributed by atoms with E-state index < -0.39 is 0 Å². The number of thioether (sulfide) groups is 1. The van der Waals surface area contributed by atoms with Crippen LogP contribution in [0.1, 0.15) is 39.5 Å². The summed E-state index contributed by atoms with van der Waals surface area (Å²) in [5.74, 6) is 0.271. The molecular formula is C18H20N4O3S2. The van der Waals surface area contributed by atoms with Crippen LogP contribution in [-0.2, 0) is 16.0 Å². The Morgan fingerprint density at radius 3 is 2.81 bits per heavy atom. The van der Waals surface area contributed by atoms with E-state index in [0.29, 0.717) is 23.8 Å². The minimum atomic E-state index is -0.337. The Morgan fingerprint density at radius 1 is 1.30 bits per heavy atom. The van der Waals surface area contributed by atoms with Crippen LogP contribution in [0.25, 0.3) is 5.78 Å². The molecule has 9 heteroatoms. The summed E-state index contributed by atoms with van der Waals surface area (Å²) in [5, 5.41) is 6.89. The summed E-state index contributed by atoms with van der Waals surface area (Å²) >= 11 is 2.87. The highest BCUT2D eigenvalue weighted by Crippen LogP contribution is 2.18. The molecule has 0 radical (unpaired) electrons. The molecule has 0 atom stereocenters. The van der Waals surface area contributed by atoms with Crippen LogP contribution in [0, 0.1) is 13.8 Å². The minimum absolute atomic E-state index is 0.0816. The first-order chi connectivity index (χ1) is 13.0. The average molecular weight is 405 g/mol. The first-order valence-corrected chi connectivity index (χ1v) is 10.6. The van der Waals surface area contributed by atoms with E-state index in [1.54, 1.807) is 10.6 Å². The number of hydrogen-bond donors (Lipinski definition) is 0. The van der Waals surface area contributed by atoms with Crippen LogP contribution in [-0.4, -0.2) is 44.2 Å². The molecule has 0 amide bonds. The van der Waals surface area contributed by atoms with Gasteiger partial charge in [-0.15, -0.1) is 16.4 Å². The van der Waals surface area contributed by atoms with Gasteiger partial charge in [-0.3, -0.25) is 9.59 Å². The van der Waals surface area contributed by atoms with Gasteiger partial charge >= 0.3 is 5.97 Å². The highest BCUT2D eigenvalue weighted by atomic mass is 32.2. The molecule has 3 aromatic rings. The molecule has 3 heterocycles. The lowest BCUT2D eigenvalue weighted by molar-refractivity contribution is -0.142. The van der Waals surface area contributed by atoms with Gasteiger partial charge in [-0.1, -0.05) is 17.8 Å². The Labute approximate surface area is 165 Å². The number of fused-ring (bicyclic) bond motifs is 1. The number of Topliss-reactive ketones (excluding diaryl/α,β-unsaturated/α-hetero) is 1. The van der Waals surface area contributed by atoms with Crippen LogP contribution in [0.4, 0.5) is 0 Å². The van der Waals surface area contributed by atoms with Crippen molar-refractivity contribution in [1.82, 2.24) is 19.6 Å². The number of carbonyl (C=O) groups is 2. The summed E-state index contributed by atoms with van der Waals surface area (Å²) in [6.45, 7) is 3.97. The third kappa shape index (κ3) is 4.54. The molecule has 0 spiro atoms. The number of ketones is 1. The maximum Gasteiger partial charge on any atom is 0.310 e. The van der Waals surface area contributed by atoms with Crippen molar-refractivity contribution >= 4 is 40.6 Å². The van der Waals surface area contributed by atoms with Gasteiger partial charge in [0.25, 0.3) is 5.78 Å². The number of nitrogens with zero attached hydrogens (tertiary/aromatic N) is 4. The number of hydrogen-bond acceptors (Lipinski definition) is 8. The molecule has 0 aliphatic rings. The number of carbonyl (C=O) groups excluding carboxylic acids is 2. The maximum absolute atomic E-state index is 12.2. The van der Waals surface area contributed by atoms with Gasteiger partial charge in [-0.25, -0.2) is 9.50 Å². The number of rotatable bonds is 8. The molecule has 0 aliphatic carbocycles. The Hall–Kier alpha value is -2.26. The maximum atomic E-state index is 12.2. The second kappa shape index (κ2) is 8.62. The molecule has 0 unspecified atom stereocenters. The summed E-state index contributed by atoms with van der Waals surface area (Å²) < 4.78 is 6.95. The van der Waals surface area contributed by atoms with Gasteiger partial charge in [0, 0.05) is 23.4 Å². The van der Waals surface area contributed by atoms with Crippen molar-refractivity contribution in [1.29, 1.82) is 0 Å². The zero-order valence-corrected chi connectivity index (χ0v) is 17.0. The fourth-order valence-electron chi connectivity index (χ4n) is 2.71. The Bertz CT molecular complexity index is 967.